The highest BCUT2D eigenvalue weighted by Gasteiger charge is 2.38. The quantitative estimate of drug-likeness (QED) is 0.745. The van der Waals surface area contributed by atoms with Gasteiger partial charge < -0.3 is 15.0 Å². The smallest absolute Gasteiger partial charge is 0.223 e. The molecule has 1 aromatic heterocycles. The lowest BCUT2D eigenvalue weighted by Crippen LogP contribution is -2.40. The molecule has 2 aliphatic rings. The Morgan fingerprint density at radius 3 is 2.68 bits per heavy atom. The first-order valence-corrected chi connectivity index (χ1v) is 10.0. The van der Waals surface area contributed by atoms with E-state index < -0.39 is 5.72 Å². The maximum Gasteiger partial charge on any atom is 0.223 e. The van der Waals surface area contributed by atoms with Crippen LogP contribution in [0.15, 0.2) is 36.5 Å². The molecule has 0 spiro atoms. The SMILES string of the molecule is CC(Nc1nccc(C2(C=O)NCCO2)n1)c1ccc(N2CCCCC2)cc1. The molecule has 7 nitrogen and oxygen atoms in total. The van der Waals surface area contributed by atoms with Crippen LogP contribution < -0.4 is 15.5 Å². The molecule has 0 amide bonds. The zero-order chi connectivity index (χ0) is 19.4. The fourth-order valence-corrected chi connectivity index (χ4v) is 3.84. The summed E-state index contributed by atoms with van der Waals surface area (Å²) >= 11 is 0. The molecule has 2 saturated heterocycles. The minimum absolute atomic E-state index is 0.0373. The van der Waals surface area contributed by atoms with Crippen molar-refractivity contribution >= 4 is 17.9 Å². The Balaban J connectivity index is 1.45. The van der Waals surface area contributed by atoms with Crippen molar-refractivity contribution in [2.75, 3.05) is 36.5 Å². The van der Waals surface area contributed by atoms with Crippen LogP contribution in [0.25, 0.3) is 0 Å². The predicted octanol–water partition coefficient (Wildman–Crippen LogP) is 2.61. The largest absolute Gasteiger partial charge is 0.372 e. The molecule has 1 aromatic carbocycles. The number of nitrogens with zero attached hydrogens (tertiary/aromatic N) is 3. The molecule has 148 valence electrons. The van der Waals surface area contributed by atoms with Crippen molar-refractivity contribution in [3.8, 4) is 0 Å². The van der Waals surface area contributed by atoms with Crippen LogP contribution in [0.2, 0.25) is 0 Å². The van der Waals surface area contributed by atoms with Crippen LogP contribution in [0.3, 0.4) is 0 Å². The number of aldehydes is 1. The normalized spacial score (nSPS) is 23.4. The molecule has 2 aliphatic heterocycles. The highest BCUT2D eigenvalue weighted by molar-refractivity contribution is 5.65. The van der Waals surface area contributed by atoms with E-state index in [0.29, 0.717) is 24.8 Å². The molecule has 2 aromatic rings. The van der Waals surface area contributed by atoms with Gasteiger partial charge in [-0.1, -0.05) is 12.1 Å². The summed E-state index contributed by atoms with van der Waals surface area (Å²) in [4.78, 5) is 22.8. The number of carbonyl (C=O) groups is 1. The van der Waals surface area contributed by atoms with E-state index >= 15 is 0 Å². The molecule has 0 radical (unpaired) electrons. The standard InChI is InChI=1S/C21H27N5O2/c1-16(17-5-7-18(8-6-17)26-12-3-2-4-13-26)24-20-22-10-9-19(25-20)21(15-27)23-11-14-28-21/h5-10,15-16,23H,2-4,11-14H2,1H3,(H,22,24,25). The molecule has 3 heterocycles. The van der Waals surface area contributed by atoms with E-state index in [-0.39, 0.29) is 6.04 Å². The molecule has 0 bridgehead atoms. The number of hydrogen-bond donors (Lipinski definition) is 2. The van der Waals surface area contributed by atoms with Gasteiger partial charge in [-0.15, -0.1) is 0 Å². The van der Waals surface area contributed by atoms with Crippen LogP contribution >= 0.6 is 0 Å². The molecule has 7 heteroatoms. The Kier molecular flexibility index (Phi) is 5.54. The number of hydrogen-bond acceptors (Lipinski definition) is 7. The number of rotatable bonds is 6. The lowest BCUT2D eigenvalue weighted by molar-refractivity contribution is -0.129. The summed E-state index contributed by atoms with van der Waals surface area (Å²) in [6, 6.07) is 10.4. The Bertz CT molecular complexity index is 799. The van der Waals surface area contributed by atoms with Gasteiger partial charge in [-0.05, 0) is 49.9 Å². The Hall–Kier alpha value is -2.51. The van der Waals surface area contributed by atoms with Crippen LogP contribution in [0.5, 0.6) is 0 Å². The summed E-state index contributed by atoms with van der Waals surface area (Å²) < 4.78 is 5.59. The van der Waals surface area contributed by atoms with Gasteiger partial charge in [0.05, 0.1) is 12.6 Å². The maximum absolute atomic E-state index is 11.6. The summed E-state index contributed by atoms with van der Waals surface area (Å²) in [6.07, 6.45) is 6.28. The van der Waals surface area contributed by atoms with Crippen LogP contribution in [0.4, 0.5) is 11.6 Å². The Morgan fingerprint density at radius 1 is 1.21 bits per heavy atom. The minimum atomic E-state index is -1.17. The summed E-state index contributed by atoms with van der Waals surface area (Å²) in [5, 5.41) is 6.40. The number of ether oxygens (including phenoxy) is 1. The fourth-order valence-electron chi connectivity index (χ4n) is 3.84. The van der Waals surface area contributed by atoms with Crippen molar-refractivity contribution in [2.45, 2.75) is 38.0 Å². The van der Waals surface area contributed by atoms with Gasteiger partial charge in [0.25, 0.3) is 0 Å². The van der Waals surface area contributed by atoms with E-state index in [1.54, 1.807) is 12.3 Å². The molecule has 4 rings (SSSR count). The van der Waals surface area contributed by atoms with E-state index in [1.807, 2.05) is 0 Å². The molecule has 0 aliphatic carbocycles. The van der Waals surface area contributed by atoms with Crippen LogP contribution in [-0.4, -0.2) is 42.5 Å². The summed E-state index contributed by atoms with van der Waals surface area (Å²) in [5.74, 6) is 0.476. The third-order valence-corrected chi connectivity index (χ3v) is 5.48. The van der Waals surface area contributed by atoms with Crippen LogP contribution in [0.1, 0.15) is 43.5 Å². The molecule has 2 unspecified atom stereocenters. The first-order chi connectivity index (χ1) is 13.7. The third-order valence-electron chi connectivity index (χ3n) is 5.48. The molecule has 2 atom stereocenters. The van der Waals surface area contributed by atoms with Gasteiger partial charge in [-0.3, -0.25) is 10.1 Å². The number of nitrogens with one attached hydrogen (secondary N) is 2. The van der Waals surface area contributed by atoms with E-state index in [4.69, 9.17) is 4.74 Å². The monoisotopic (exact) mass is 381 g/mol. The second kappa shape index (κ2) is 8.24. The van der Waals surface area contributed by atoms with Gasteiger partial charge in [-0.25, -0.2) is 9.97 Å². The predicted molar refractivity (Wildman–Crippen MR) is 108 cm³/mol. The number of anilines is 2. The van der Waals surface area contributed by atoms with Crippen LogP contribution in [0, 0.1) is 0 Å². The fraction of sp³-hybridized carbons (Fsp3) is 0.476. The second-order valence-corrected chi connectivity index (χ2v) is 7.40. The van der Waals surface area contributed by atoms with Gasteiger partial charge in [0, 0.05) is 31.5 Å². The first kappa shape index (κ1) is 18.8. The van der Waals surface area contributed by atoms with E-state index in [0.717, 1.165) is 24.9 Å². The number of aromatic nitrogens is 2. The summed E-state index contributed by atoms with van der Waals surface area (Å²) in [5.41, 5.74) is 1.80. The van der Waals surface area contributed by atoms with Gasteiger partial charge >= 0.3 is 0 Å². The topological polar surface area (TPSA) is 79.4 Å². The Morgan fingerprint density at radius 2 is 2.00 bits per heavy atom. The van der Waals surface area contributed by atoms with E-state index in [2.05, 4.69) is 56.7 Å². The van der Waals surface area contributed by atoms with E-state index in [9.17, 15) is 4.79 Å². The maximum atomic E-state index is 11.6. The van der Waals surface area contributed by atoms with Gasteiger partial charge in [0.15, 0.2) is 6.29 Å². The number of carbonyl (C=O) groups excluding carboxylic acids is 1. The van der Waals surface area contributed by atoms with Crippen molar-refractivity contribution in [3.63, 3.8) is 0 Å². The molecule has 28 heavy (non-hydrogen) atoms. The number of benzene rings is 1. The van der Waals surface area contributed by atoms with Gasteiger partial charge in [0.1, 0.15) is 5.69 Å². The Labute approximate surface area is 165 Å². The van der Waals surface area contributed by atoms with E-state index in [1.165, 1.54) is 24.9 Å². The zero-order valence-electron chi connectivity index (χ0n) is 16.2. The zero-order valence-corrected chi connectivity index (χ0v) is 16.2. The first-order valence-electron chi connectivity index (χ1n) is 10.0. The lowest BCUT2D eigenvalue weighted by Gasteiger charge is -2.29. The minimum Gasteiger partial charge on any atom is -0.372 e. The molecular formula is C21H27N5O2. The highest BCUT2D eigenvalue weighted by atomic mass is 16.5. The average Bonchev–Trinajstić information content (AvgIpc) is 3.25. The average molecular weight is 381 g/mol. The van der Waals surface area contributed by atoms with Crippen molar-refractivity contribution < 1.29 is 9.53 Å². The van der Waals surface area contributed by atoms with Crippen molar-refractivity contribution in [1.29, 1.82) is 0 Å². The summed E-state index contributed by atoms with van der Waals surface area (Å²) in [7, 11) is 0. The van der Waals surface area contributed by atoms with Gasteiger partial charge in [0.2, 0.25) is 11.7 Å². The lowest BCUT2D eigenvalue weighted by atomic mass is 10.1. The molecule has 0 saturated carbocycles. The van der Waals surface area contributed by atoms with Crippen LogP contribution in [-0.2, 0) is 15.3 Å². The second-order valence-electron chi connectivity index (χ2n) is 7.40. The molecule has 2 fully saturated rings. The number of piperidine rings is 1. The molecule has 2 N–H and O–H groups in total. The summed E-state index contributed by atoms with van der Waals surface area (Å²) in [6.45, 7) is 5.45. The molecular weight excluding hydrogens is 354 g/mol. The van der Waals surface area contributed by atoms with Crippen molar-refractivity contribution in [3.05, 3.63) is 47.8 Å². The third kappa shape index (κ3) is 3.86. The van der Waals surface area contributed by atoms with Crippen molar-refractivity contribution in [2.24, 2.45) is 0 Å². The van der Waals surface area contributed by atoms with Crippen molar-refractivity contribution in [1.82, 2.24) is 15.3 Å². The highest BCUT2D eigenvalue weighted by Crippen LogP contribution is 2.25. The van der Waals surface area contributed by atoms with Gasteiger partial charge in [-0.2, -0.15) is 0 Å².